The minimum Gasteiger partial charge on any atom is -0.481 e. The fraction of sp³-hybridized carbons (Fsp3) is 0.652. The summed E-state index contributed by atoms with van der Waals surface area (Å²) in [6.07, 6.45) is 9.46. The van der Waals surface area contributed by atoms with Crippen LogP contribution >= 0.6 is 0 Å². The Hall–Kier alpha value is -1.88. The van der Waals surface area contributed by atoms with Gasteiger partial charge in [0.05, 0.1) is 0 Å². The zero-order valence-corrected chi connectivity index (χ0v) is 17.3. The van der Waals surface area contributed by atoms with E-state index in [1.165, 1.54) is 58.3 Å². The lowest BCUT2D eigenvalue weighted by molar-refractivity contribution is -0.128. The van der Waals surface area contributed by atoms with Crippen molar-refractivity contribution >= 4 is 11.7 Å². The zero-order chi connectivity index (χ0) is 20.0. The molecule has 0 radical (unpaired) electrons. The van der Waals surface area contributed by atoms with Gasteiger partial charge in [-0.25, -0.2) is 0 Å². The first kappa shape index (κ1) is 20.8. The van der Waals surface area contributed by atoms with Crippen molar-refractivity contribution in [3.63, 3.8) is 0 Å². The van der Waals surface area contributed by atoms with Crippen LogP contribution in [0.3, 0.4) is 0 Å². The second-order valence-electron chi connectivity index (χ2n) is 8.39. The molecule has 1 aromatic rings. The molecule has 28 heavy (non-hydrogen) atoms. The second-order valence-corrected chi connectivity index (χ2v) is 8.39. The second kappa shape index (κ2) is 9.55. The Morgan fingerprint density at radius 1 is 1.04 bits per heavy atom. The summed E-state index contributed by atoms with van der Waals surface area (Å²) in [5.41, 5.74) is 0.766. The molecule has 0 aromatic heterocycles. The number of likely N-dealkylation sites (tertiary alicyclic amines) is 1. The van der Waals surface area contributed by atoms with Gasteiger partial charge in [-0.3, -0.25) is 14.5 Å². The maximum Gasteiger partial charge on any atom is 0.260 e. The maximum absolute atomic E-state index is 12.7. The van der Waals surface area contributed by atoms with E-state index in [-0.39, 0.29) is 17.2 Å². The number of piperidine rings is 1. The highest BCUT2D eigenvalue weighted by Gasteiger charge is 2.38. The van der Waals surface area contributed by atoms with Crippen molar-refractivity contribution < 1.29 is 14.3 Å². The molecule has 1 aliphatic heterocycles. The van der Waals surface area contributed by atoms with Gasteiger partial charge in [0, 0.05) is 17.6 Å². The summed E-state index contributed by atoms with van der Waals surface area (Å²) in [7, 11) is 0. The molecule has 3 rings (SSSR count). The largest absolute Gasteiger partial charge is 0.481 e. The average Bonchev–Trinajstić information content (AvgIpc) is 2.73. The van der Waals surface area contributed by atoms with E-state index in [1.807, 2.05) is 0 Å². The van der Waals surface area contributed by atoms with Crippen LogP contribution in [0.25, 0.3) is 0 Å². The first-order valence-electron chi connectivity index (χ1n) is 10.8. The molecule has 1 amide bonds. The van der Waals surface area contributed by atoms with Gasteiger partial charge in [-0.2, -0.15) is 0 Å². The van der Waals surface area contributed by atoms with Crippen LogP contribution in [0.4, 0.5) is 0 Å². The van der Waals surface area contributed by atoms with Gasteiger partial charge in [0.2, 0.25) is 0 Å². The quantitative estimate of drug-likeness (QED) is 0.721. The van der Waals surface area contributed by atoms with Crippen molar-refractivity contribution in [1.29, 1.82) is 0 Å². The predicted octanol–water partition coefficient (Wildman–Crippen LogP) is 3.96. The van der Waals surface area contributed by atoms with E-state index in [1.54, 1.807) is 31.2 Å². The van der Waals surface area contributed by atoms with E-state index in [0.717, 1.165) is 13.1 Å². The molecule has 2 aliphatic rings. The van der Waals surface area contributed by atoms with E-state index in [4.69, 9.17) is 4.74 Å². The Morgan fingerprint density at radius 3 is 2.25 bits per heavy atom. The monoisotopic (exact) mass is 386 g/mol. The molecule has 1 aliphatic carbocycles. The molecule has 1 N–H and O–H groups in total. The molecule has 1 atom stereocenters. The van der Waals surface area contributed by atoms with Crippen LogP contribution < -0.4 is 10.1 Å². The van der Waals surface area contributed by atoms with Crippen molar-refractivity contribution in [3.8, 4) is 5.75 Å². The number of ether oxygens (including phenoxy) is 1. The third-order valence-electron chi connectivity index (χ3n) is 6.35. The lowest BCUT2D eigenvalue weighted by Gasteiger charge is -2.48. The third-order valence-corrected chi connectivity index (χ3v) is 6.35. The number of carbonyl (C=O) groups is 2. The molecule has 154 valence electrons. The summed E-state index contributed by atoms with van der Waals surface area (Å²) in [5.74, 6) is 0.557. The van der Waals surface area contributed by atoms with Crippen molar-refractivity contribution in [2.24, 2.45) is 0 Å². The number of rotatable bonds is 7. The Balaban J connectivity index is 1.56. The molecule has 0 spiro atoms. The van der Waals surface area contributed by atoms with Gasteiger partial charge >= 0.3 is 0 Å². The van der Waals surface area contributed by atoms with Crippen molar-refractivity contribution in [2.45, 2.75) is 76.9 Å². The lowest BCUT2D eigenvalue weighted by Crippen LogP contribution is -2.58. The maximum atomic E-state index is 12.7. The Bertz CT molecular complexity index is 659. The van der Waals surface area contributed by atoms with Crippen molar-refractivity contribution in [2.75, 3.05) is 19.6 Å². The minimum atomic E-state index is -0.565. The van der Waals surface area contributed by atoms with E-state index in [0.29, 0.717) is 17.9 Å². The Kier molecular flexibility index (Phi) is 7.11. The summed E-state index contributed by atoms with van der Waals surface area (Å²) in [6, 6.07) is 6.96. The van der Waals surface area contributed by atoms with E-state index in [9.17, 15) is 9.59 Å². The van der Waals surface area contributed by atoms with Gasteiger partial charge in [-0.15, -0.1) is 0 Å². The van der Waals surface area contributed by atoms with Crippen LogP contribution in [0.5, 0.6) is 5.75 Å². The molecule has 5 nitrogen and oxygen atoms in total. The number of ketones is 1. The van der Waals surface area contributed by atoms with Gasteiger partial charge in [0.15, 0.2) is 11.9 Å². The number of Topliss-reactive ketones (excluding diaryl/α,β-unsaturated/α-hetero) is 1. The molecule has 1 heterocycles. The van der Waals surface area contributed by atoms with Gasteiger partial charge < -0.3 is 10.1 Å². The zero-order valence-electron chi connectivity index (χ0n) is 17.3. The summed E-state index contributed by atoms with van der Waals surface area (Å²) >= 11 is 0. The van der Waals surface area contributed by atoms with Crippen LogP contribution in [-0.2, 0) is 4.79 Å². The first-order chi connectivity index (χ1) is 13.5. The normalized spacial score (nSPS) is 20.9. The topological polar surface area (TPSA) is 58.6 Å². The Labute approximate surface area is 168 Å². The van der Waals surface area contributed by atoms with Crippen LogP contribution in [0.2, 0.25) is 0 Å². The third kappa shape index (κ3) is 5.13. The fourth-order valence-electron chi connectivity index (χ4n) is 4.60. The SMILES string of the molecule is CC(=O)c1ccc(OC(C)C(=O)NCC2(N3CCCCC3)CCCCC2)cc1. The molecule has 0 bridgehead atoms. The molecular weight excluding hydrogens is 352 g/mol. The summed E-state index contributed by atoms with van der Waals surface area (Å²) in [4.78, 5) is 26.7. The average molecular weight is 387 g/mol. The highest BCUT2D eigenvalue weighted by molar-refractivity contribution is 5.94. The number of amides is 1. The lowest BCUT2D eigenvalue weighted by atomic mass is 9.79. The number of nitrogens with zero attached hydrogens (tertiary/aromatic N) is 1. The molecule has 2 fully saturated rings. The van der Waals surface area contributed by atoms with Crippen molar-refractivity contribution in [1.82, 2.24) is 10.2 Å². The van der Waals surface area contributed by atoms with Gasteiger partial charge in [0.25, 0.3) is 5.91 Å². The van der Waals surface area contributed by atoms with E-state index < -0.39 is 6.10 Å². The summed E-state index contributed by atoms with van der Waals surface area (Å²) in [6.45, 7) is 6.34. The fourth-order valence-corrected chi connectivity index (χ4v) is 4.60. The summed E-state index contributed by atoms with van der Waals surface area (Å²) in [5, 5.41) is 3.18. The van der Waals surface area contributed by atoms with Crippen molar-refractivity contribution in [3.05, 3.63) is 29.8 Å². The number of carbonyl (C=O) groups excluding carboxylic acids is 2. The minimum absolute atomic E-state index is 0.0211. The standard InChI is InChI=1S/C23H34N2O3/c1-18(26)20-9-11-21(12-10-20)28-19(2)22(27)24-17-23(13-5-3-6-14-23)25-15-7-4-8-16-25/h9-12,19H,3-8,13-17H2,1-2H3,(H,24,27). The summed E-state index contributed by atoms with van der Waals surface area (Å²) < 4.78 is 5.79. The predicted molar refractivity (Wildman–Crippen MR) is 111 cm³/mol. The first-order valence-corrected chi connectivity index (χ1v) is 10.8. The molecule has 1 saturated heterocycles. The molecule has 5 heteroatoms. The van der Waals surface area contributed by atoms with E-state index in [2.05, 4.69) is 10.2 Å². The smallest absolute Gasteiger partial charge is 0.260 e. The van der Waals surface area contributed by atoms with E-state index >= 15 is 0 Å². The molecule has 1 saturated carbocycles. The van der Waals surface area contributed by atoms with Crippen LogP contribution in [0.15, 0.2) is 24.3 Å². The molecular formula is C23H34N2O3. The Morgan fingerprint density at radius 2 is 1.64 bits per heavy atom. The van der Waals surface area contributed by atoms with Crippen LogP contribution in [0.1, 0.15) is 75.6 Å². The highest BCUT2D eigenvalue weighted by atomic mass is 16.5. The number of benzene rings is 1. The number of nitrogens with one attached hydrogen (secondary N) is 1. The number of hydrogen-bond acceptors (Lipinski definition) is 4. The van der Waals surface area contributed by atoms with Gasteiger partial charge in [0.1, 0.15) is 5.75 Å². The molecule has 1 unspecified atom stereocenters. The number of hydrogen-bond donors (Lipinski definition) is 1. The van der Waals surface area contributed by atoms with Crippen LogP contribution in [0, 0.1) is 0 Å². The van der Waals surface area contributed by atoms with Gasteiger partial charge in [-0.05, 0) is 76.9 Å². The van der Waals surface area contributed by atoms with Crippen LogP contribution in [-0.4, -0.2) is 47.9 Å². The molecule has 1 aromatic carbocycles. The highest BCUT2D eigenvalue weighted by Crippen LogP contribution is 2.35. The van der Waals surface area contributed by atoms with Gasteiger partial charge in [-0.1, -0.05) is 25.7 Å².